The summed E-state index contributed by atoms with van der Waals surface area (Å²) in [6.07, 6.45) is 0. The highest BCUT2D eigenvalue weighted by Crippen LogP contribution is 2.22. The summed E-state index contributed by atoms with van der Waals surface area (Å²) >= 11 is 11.5. The normalized spacial score (nSPS) is 10.9. The van der Waals surface area contributed by atoms with Crippen LogP contribution < -0.4 is 5.32 Å². The Morgan fingerprint density at radius 3 is 2.75 bits per heavy atom. The lowest BCUT2D eigenvalue weighted by Gasteiger charge is -2.00. The second kappa shape index (κ2) is 5.23. The molecule has 3 rings (SSSR count). The fourth-order valence-electron chi connectivity index (χ4n) is 1.91. The maximum absolute atomic E-state index is 11.9. The molecular weight excluding hydrogens is 299 g/mol. The average Bonchev–Trinajstić information content (AvgIpc) is 3.00. The van der Waals surface area contributed by atoms with Gasteiger partial charge < -0.3 is 14.7 Å². The van der Waals surface area contributed by atoms with Gasteiger partial charge in [-0.05, 0) is 18.2 Å². The van der Waals surface area contributed by atoms with Crippen LogP contribution in [-0.2, 0) is 6.54 Å². The van der Waals surface area contributed by atoms with Gasteiger partial charge in [-0.2, -0.15) is 0 Å². The van der Waals surface area contributed by atoms with Gasteiger partial charge in [0.2, 0.25) is 0 Å². The van der Waals surface area contributed by atoms with Gasteiger partial charge in [-0.3, -0.25) is 4.79 Å². The van der Waals surface area contributed by atoms with Crippen molar-refractivity contribution in [3.05, 3.63) is 58.0 Å². The molecule has 0 radical (unpaired) electrons. The Bertz CT molecular complexity index is 724. The number of furan rings is 1. The van der Waals surface area contributed by atoms with Crippen molar-refractivity contribution in [1.29, 1.82) is 0 Å². The van der Waals surface area contributed by atoms with E-state index in [1.807, 2.05) is 30.3 Å². The van der Waals surface area contributed by atoms with Gasteiger partial charge in [-0.1, -0.05) is 41.4 Å². The Morgan fingerprint density at radius 1 is 1.25 bits per heavy atom. The van der Waals surface area contributed by atoms with E-state index in [1.54, 1.807) is 0 Å². The summed E-state index contributed by atoms with van der Waals surface area (Å²) in [5.74, 6) is 0.391. The summed E-state index contributed by atoms with van der Waals surface area (Å²) in [5.41, 5.74) is 1.11. The van der Waals surface area contributed by atoms with Crippen molar-refractivity contribution < 1.29 is 9.21 Å². The van der Waals surface area contributed by atoms with Gasteiger partial charge in [0.1, 0.15) is 22.2 Å². The summed E-state index contributed by atoms with van der Waals surface area (Å²) in [6.45, 7) is 0.293. The fourth-order valence-corrected chi connectivity index (χ4v) is 2.23. The molecule has 0 aliphatic carbocycles. The minimum Gasteiger partial charge on any atom is -0.459 e. The number of aromatic nitrogens is 1. The number of amides is 1. The first-order valence-electron chi connectivity index (χ1n) is 5.93. The van der Waals surface area contributed by atoms with Crippen molar-refractivity contribution in [2.75, 3.05) is 0 Å². The van der Waals surface area contributed by atoms with Crippen molar-refractivity contribution in [1.82, 2.24) is 10.3 Å². The summed E-state index contributed by atoms with van der Waals surface area (Å²) in [4.78, 5) is 14.6. The van der Waals surface area contributed by atoms with E-state index in [1.165, 1.54) is 6.07 Å². The number of aromatic amines is 1. The molecule has 2 heterocycles. The number of halogens is 2. The molecule has 0 aliphatic heterocycles. The molecule has 1 amide bonds. The molecule has 0 atom stereocenters. The Labute approximate surface area is 124 Å². The predicted molar refractivity (Wildman–Crippen MR) is 78.2 cm³/mol. The maximum atomic E-state index is 11.9. The predicted octanol–water partition coefficient (Wildman–Crippen LogP) is 4.00. The van der Waals surface area contributed by atoms with Crippen LogP contribution >= 0.6 is 23.2 Å². The lowest BCUT2D eigenvalue weighted by molar-refractivity contribution is 0.0944. The first-order chi connectivity index (χ1) is 9.63. The van der Waals surface area contributed by atoms with Crippen LogP contribution in [0.3, 0.4) is 0 Å². The molecule has 0 saturated carbocycles. The van der Waals surface area contributed by atoms with Crippen molar-refractivity contribution in [3.8, 4) is 0 Å². The zero-order valence-electron chi connectivity index (χ0n) is 10.2. The van der Waals surface area contributed by atoms with Gasteiger partial charge in [0, 0.05) is 5.39 Å². The zero-order valence-corrected chi connectivity index (χ0v) is 11.8. The minimum absolute atomic E-state index is 0.251. The molecule has 2 aromatic heterocycles. The van der Waals surface area contributed by atoms with Gasteiger partial charge in [0.15, 0.2) is 0 Å². The second-order valence-corrected chi connectivity index (χ2v) is 5.06. The van der Waals surface area contributed by atoms with Crippen LogP contribution in [0.2, 0.25) is 10.2 Å². The van der Waals surface area contributed by atoms with E-state index >= 15 is 0 Å². The number of para-hydroxylation sites is 1. The van der Waals surface area contributed by atoms with Crippen LogP contribution in [0.25, 0.3) is 11.0 Å². The lowest BCUT2D eigenvalue weighted by atomic mass is 10.2. The smallest absolute Gasteiger partial charge is 0.268 e. The van der Waals surface area contributed by atoms with E-state index in [-0.39, 0.29) is 11.1 Å². The molecule has 4 nitrogen and oxygen atoms in total. The van der Waals surface area contributed by atoms with Crippen molar-refractivity contribution in [2.45, 2.75) is 6.54 Å². The summed E-state index contributed by atoms with van der Waals surface area (Å²) < 4.78 is 5.61. The number of hydrogen-bond acceptors (Lipinski definition) is 2. The number of hydrogen-bond donors (Lipinski definition) is 2. The number of rotatable bonds is 3. The first-order valence-corrected chi connectivity index (χ1v) is 6.69. The van der Waals surface area contributed by atoms with E-state index in [0.29, 0.717) is 23.0 Å². The third-order valence-corrected chi connectivity index (χ3v) is 3.56. The highest BCUT2D eigenvalue weighted by Gasteiger charge is 2.12. The Morgan fingerprint density at radius 2 is 2.05 bits per heavy atom. The standard InChI is InChI=1S/C14H10Cl2N2O2/c15-10-6-11(18-13(10)16)14(19)17-7-9-5-8-3-1-2-4-12(8)20-9/h1-6,18H,7H2,(H,17,19). The molecule has 20 heavy (non-hydrogen) atoms. The number of fused-ring (bicyclic) bond motifs is 1. The molecule has 0 saturated heterocycles. The average molecular weight is 309 g/mol. The molecule has 0 aliphatic rings. The van der Waals surface area contributed by atoms with E-state index in [4.69, 9.17) is 27.6 Å². The van der Waals surface area contributed by atoms with Crippen LogP contribution in [0.15, 0.2) is 40.8 Å². The van der Waals surface area contributed by atoms with Crippen molar-refractivity contribution in [3.63, 3.8) is 0 Å². The van der Waals surface area contributed by atoms with Crippen LogP contribution in [0.5, 0.6) is 0 Å². The number of carbonyl (C=O) groups is 1. The van der Waals surface area contributed by atoms with E-state index in [9.17, 15) is 4.79 Å². The molecule has 1 aromatic carbocycles. The SMILES string of the molecule is O=C(NCc1cc2ccccc2o1)c1cc(Cl)c(Cl)[nH]1. The summed E-state index contributed by atoms with van der Waals surface area (Å²) in [6, 6.07) is 11.0. The quantitative estimate of drug-likeness (QED) is 0.768. The summed E-state index contributed by atoms with van der Waals surface area (Å²) in [7, 11) is 0. The van der Waals surface area contributed by atoms with E-state index < -0.39 is 0 Å². The third kappa shape index (κ3) is 2.53. The number of benzene rings is 1. The Balaban J connectivity index is 1.71. The van der Waals surface area contributed by atoms with Gasteiger partial charge >= 0.3 is 0 Å². The highest BCUT2D eigenvalue weighted by molar-refractivity contribution is 6.41. The molecule has 0 spiro atoms. The molecule has 0 bridgehead atoms. The molecule has 3 aromatic rings. The van der Waals surface area contributed by atoms with Gasteiger partial charge in [0.05, 0.1) is 11.6 Å². The third-order valence-electron chi connectivity index (χ3n) is 2.87. The van der Waals surface area contributed by atoms with Crippen LogP contribution in [0.4, 0.5) is 0 Å². The minimum atomic E-state index is -0.292. The fraction of sp³-hybridized carbons (Fsp3) is 0.0714. The van der Waals surface area contributed by atoms with Crippen LogP contribution in [0.1, 0.15) is 16.2 Å². The number of nitrogens with one attached hydrogen (secondary N) is 2. The van der Waals surface area contributed by atoms with E-state index in [0.717, 1.165) is 11.0 Å². The molecular formula is C14H10Cl2N2O2. The Hall–Kier alpha value is -1.91. The highest BCUT2D eigenvalue weighted by atomic mass is 35.5. The van der Waals surface area contributed by atoms with Gasteiger partial charge in [-0.25, -0.2) is 0 Å². The molecule has 6 heteroatoms. The van der Waals surface area contributed by atoms with Crippen molar-refractivity contribution in [2.24, 2.45) is 0 Å². The van der Waals surface area contributed by atoms with Crippen molar-refractivity contribution >= 4 is 40.1 Å². The molecule has 102 valence electrons. The lowest BCUT2D eigenvalue weighted by Crippen LogP contribution is -2.22. The van der Waals surface area contributed by atoms with E-state index in [2.05, 4.69) is 10.3 Å². The monoisotopic (exact) mass is 308 g/mol. The maximum Gasteiger partial charge on any atom is 0.268 e. The zero-order chi connectivity index (χ0) is 14.1. The molecule has 0 fully saturated rings. The second-order valence-electron chi connectivity index (χ2n) is 4.28. The topological polar surface area (TPSA) is 58.0 Å². The number of carbonyl (C=O) groups excluding carboxylic acids is 1. The Kier molecular flexibility index (Phi) is 3.42. The molecule has 0 unspecified atom stereocenters. The van der Waals surface area contributed by atoms with Crippen LogP contribution in [-0.4, -0.2) is 10.9 Å². The molecule has 2 N–H and O–H groups in total. The van der Waals surface area contributed by atoms with Gasteiger partial charge in [-0.15, -0.1) is 0 Å². The number of H-pyrrole nitrogens is 1. The first kappa shape index (κ1) is 13.1. The van der Waals surface area contributed by atoms with Crippen LogP contribution in [0, 0.1) is 0 Å². The largest absolute Gasteiger partial charge is 0.459 e. The summed E-state index contributed by atoms with van der Waals surface area (Å²) in [5, 5.41) is 4.31. The van der Waals surface area contributed by atoms with Gasteiger partial charge in [0.25, 0.3) is 5.91 Å².